The molecular formula is C14H20BrNO2. The molecule has 0 aliphatic carbocycles. The summed E-state index contributed by atoms with van der Waals surface area (Å²) in [5, 5.41) is 3.16. The molecule has 1 N–H and O–H groups in total. The third kappa shape index (κ3) is 5.19. The lowest BCUT2D eigenvalue weighted by Gasteiger charge is -2.22. The van der Waals surface area contributed by atoms with Crippen molar-refractivity contribution in [3.8, 4) is 0 Å². The van der Waals surface area contributed by atoms with Crippen LogP contribution in [0.3, 0.4) is 0 Å². The van der Waals surface area contributed by atoms with Gasteiger partial charge in [-0.2, -0.15) is 0 Å². The number of hydrogen-bond donors (Lipinski definition) is 1. The summed E-state index contributed by atoms with van der Waals surface area (Å²) in [6.07, 6.45) is 0. The quantitative estimate of drug-likeness (QED) is 0.867. The monoisotopic (exact) mass is 313 g/mol. The second-order valence-electron chi connectivity index (χ2n) is 5.23. The van der Waals surface area contributed by atoms with Crippen molar-refractivity contribution in [1.29, 1.82) is 0 Å². The summed E-state index contributed by atoms with van der Waals surface area (Å²) in [4.78, 5) is 11.8. The van der Waals surface area contributed by atoms with Gasteiger partial charge >= 0.3 is 5.97 Å². The van der Waals surface area contributed by atoms with E-state index in [1.165, 1.54) is 0 Å². The second kappa shape index (κ2) is 6.34. The van der Waals surface area contributed by atoms with Crippen LogP contribution in [0, 0.1) is 0 Å². The van der Waals surface area contributed by atoms with Gasteiger partial charge in [-0.1, -0.05) is 34.1 Å². The van der Waals surface area contributed by atoms with Crippen LogP contribution in [0.25, 0.3) is 0 Å². The Morgan fingerprint density at radius 2 is 2.00 bits per heavy atom. The van der Waals surface area contributed by atoms with E-state index in [1.54, 1.807) is 0 Å². The van der Waals surface area contributed by atoms with Gasteiger partial charge in [0.15, 0.2) is 0 Å². The molecule has 3 nitrogen and oxygen atoms in total. The van der Waals surface area contributed by atoms with Crippen LogP contribution in [0.5, 0.6) is 0 Å². The normalized spacial score (nSPS) is 13.2. The van der Waals surface area contributed by atoms with Gasteiger partial charge in [0.05, 0.1) is 0 Å². The molecule has 0 aliphatic heterocycles. The van der Waals surface area contributed by atoms with Crippen LogP contribution in [0.4, 0.5) is 0 Å². The molecule has 1 rings (SSSR count). The Balaban J connectivity index is 2.49. The van der Waals surface area contributed by atoms with Crippen LogP contribution in [-0.2, 0) is 16.1 Å². The Morgan fingerprint density at radius 3 is 2.56 bits per heavy atom. The largest absolute Gasteiger partial charge is 0.459 e. The molecule has 4 heteroatoms. The van der Waals surface area contributed by atoms with Crippen LogP contribution in [0.15, 0.2) is 28.7 Å². The highest BCUT2D eigenvalue weighted by Crippen LogP contribution is 2.15. The van der Waals surface area contributed by atoms with Gasteiger partial charge in [0, 0.05) is 11.0 Å². The van der Waals surface area contributed by atoms with Gasteiger partial charge in [-0.3, -0.25) is 4.79 Å². The van der Waals surface area contributed by atoms with E-state index in [1.807, 2.05) is 52.0 Å². The minimum absolute atomic E-state index is 0.227. The molecule has 0 heterocycles. The fourth-order valence-corrected chi connectivity index (χ4v) is 1.80. The molecule has 18 heavy (non-hydrogen) atoms. The SMILES string of the molecule is C[C@H](NCc1ccccc1Br)C(=O)OC(C)(C)C. The van der Waals surface area contributed by atoms with E-state index >= 15 is 0 Å². The zero-order valence-electron chi connectivity index (χ0n) is 11.3. The maximum atomic E-state index is 11.8. The number of ether oxygens (including phenoxy) is 1. The van der Waals surface area contributed by atoms with Gasteiger partial charge in [0.25, 0.3) is 0 Å². The van der Waals surface area contributed by atoms with E-state index < -0.39 is 5.60 Å². The second-order valence-corrected chi connectivity index (χ2v) is 6.08. The lowest BCUT2D eigenvalue weighted by molar-refractivity contribution is -0.157. The molecule has 0 bridgehead atoms. The summed E-state index contributed by atoms with van der Waals surface area (Å²) < 4.78 is 6.34. The highest BCUT2D eigenvalue weighted by molar-refractivity contribution is 9.10. The molecule has 1 aromatic rings. The summed E-state index contributed by atoms with van der Waals surface area (Å²) in [6, 6.07) is 7.61. The van der Waals surface area contributed by atoms with Crippen LogP contribution in [-0.4, -0.2) is 17.6 Å². The Labute approximate surface area is 117 Å². The predicted octanol–water partition coefficient (Wildman–Crippen LogP) is 3.27. The predicted molar refractivity (Wildman–Crippen MR) is 76.3 cm³/mol. The molecule has 0 unspecified atom stereocenters. The third-order valence-corrected chi connectivity index (χ3v) is 3.09. The number of hydrogen-bond acceptors (Lipinski definition) is 3. The van der Waals surface area contributed by atoms with Crippen molar-refractivity contribution in [2.45, 2.75) is 45.9 Å². The van der Waals surface area contributed by atoms with Crippen molar-refractivity contribution in [2.24, 2.45) is 0 Å². The van der Waals surface area contributed by atoms with Crippen molar-refractivity contribution in [3.63, 3.8) is 0 Å². The van der Waals surface area contributed by atoms with E-state index in [9.17, 15) is 4.79 Å². The summed E-state index contributed by atoms with van der Waals surface area (Å²) in [7, 11) is 0. The van der Waals surface area contributed by atoms with E-state index in [2.05, 4.69) is 21.2 Å². The van der Waals surface area contributed by atoms with E-state index in [0.29, 0.717) is 6.54 Å². The summed E-state index contributed by atoms with van der Waals surface area (Å²) in [5.74, 6) is -0.227. The van der Waals surface area contributed by atoms with Gasteiger partial charge in [-0.05, 0) is 39.3 Å². The van der Waals surface area contributed by atoms with E-state index in [4.69, 9.17) is 4.74 Å². The molecule has 0 saturated heterocycles. The topological polar surface area (TPSA) is 38.3 Å². The fourth-order valence-electron chi connectivity index (χ4n) is 1.38. The van der Waals surface area contributed by atoms with Gasteiger partial charge in [0.1, 0.15) is 11.6 Å². The number of benzene rings is 1. The molecule has 1 aromatic carbocycles. The third-order valence-electron chi connectivity index (χ3n) is 2.32. The van der Waals surface area contributed by atoms with Crippen LogP contribution in [0.2, 0.25) is 0 Å². The molecule has 0 aliphatic rings. The first kappa shape index (κ1) is 15.2. The Hall–Kier alpha value is -0.870. The van der Waals surface area contributed by atoms with E-state index in [-0.39, 0.29) is 12.0 Å². The average molecular weight is 314 g/mol. The van der Waals surface area contributed by atoms with Gasteiger partial charge in [-0.25, -0.2) is 0 Å². The lowest BCUT2D eigenvalue weighted by Crippen LogP contribution is -2.38. The van der Waals surface area contributed by atoms with Gasteiger partial charge in [0.2, 0.25) is 0 Å². The maximum absolute atomic E-state index is 11.8. The number of esters is 1. The highest BCUT2D eigenvalue weighted by Gasteiger charge is 2.21. The highest BCUT2D eigenvalue weighted by atomic mass is 79.9. The van der Waals surface area contributed by atoms with Gasteiger partial charge < -0.3 is 10.1 Å². The minimum atomic E-state index is -0.444. The minimum Gasteiger partial charge on any atom is -0.459 e. The molecule has 1 atom stereocenters. The molecule has 0 saturated carbocycles. The van der Waals surface area contributed by atoms with Crippen LogP contribution in [0.1, 0.15) is 33.3 Å². The lowest BCUT2D eigenvalue weighted by atomic mass is 10.2. The first-order valence-electron chi connectivity index (χ1n) is 5.99. The number of halogens is 1. The molecule has 100 valence electrons. The molecular weight excluding hydrogens is 294 g/mol. The smallest absolute Gasteiger partial charge is 0.323 e. The summed E-state index contributed by atoms with van der Waals surface area (Å²) in [5.41, 5.74) is 0.674. The summed E-state index contributed by atoms with van der Waals surface area (Å²) >= 11 is 3.48. The molecule has 0 aromatic heterocycles. The Bertz CT molecular complexity index is 413. The van der Waals surface area contributed by atoms with Crippen molar-refractivity contribution in [3.05, 3.63) is 34.3 Å². The van der Waals surface area contributed by atoms with Crippen molar-refractivity contribution < 1.29 is 9.53 Å². The molecule has 0 amide bonds. The number of carbonyl (C=O) groups excluding carboxylic acids is 1. The van der Waals surface area contributed by atoms with Crippen molar-refractivity contribution in [1.82, 2.24) is 5.32 Å². The zero-order valence-corrected chi connectivity index (χ0v) is 12.9. The molecule has 0 fully saturated rings. The zero-order chi connectivity index (χ0) is 13.8. The number of carbonyl (C=O) groups is 1. The molecule has 0 spiro atoms. The maximum Gasteiger partial charge on any atom is 0.323 e. The standard InChI is InChI=1S/C14H20BrNO2/c1-10(13(17)18-14(2,3)4)16-9-11-7-5-6-8-12(11)15/h5-8,10,16H,9H2,1-4H3/t10-/m0/s1. The average Bonchev–Trinajstić information content (AvgIpc) is 2.25. The van der Waals surface area contributed by atoms with Crippen LogP contribution < -0.4 is 5.32 Å². The fraction of sp³-hybridized carbons (Fsp3) is 0.500. The first-order chi connectivity index (χ1) is 8.29. The Morgan fingerprint density at radius 1 is 1.39 bits per heavy atom. The molecule has 0 radical (unpaired) electrons. The van der Waals surface area contributed by atoms with Crippen LogP contribution >= 0.6 is 15.9 Å². The van der Waals surface area contributed by atoms with Gasteiger partial charge in [-0.15, -0.1) is 0 Å². The van der Waals surface area contributed by atoms with Crippen molar-refractivity contribution >= 4 is 21.9 Å². The number of nitrogens with one attached hydrogen (secondary N) is 1. The van der Waals surface area contributed by atoms with Crippen molar-refractivity contribution in [2.75, 3.05) is 0 Å². The number of rotatable bonds is 4. The van der Waals surface area contributed by atoms with E-state index in [0.717, 1.165) is 10.0 Å². The summed E-state index contributed by atoms with van der Waals surface area (Å²) in [6.45, 7) is 8.04. The Kier molecular flexibility index (Phi) is 5.35. The first-order valence-corrected chi connectivity index (χ1v) is 6.78.